The summed E-state index contributed by atoms with van der Waals surface area (Å²) in [4.78, 5) is 27.0. The van der Waals surface area contributed by atoms with E-state index in [0.717, 1.165) is 0 Å². The Morgan fingerprint density at radius 3 is 2.45 bits per heavy atom. The van der Waals surface area contributed by atoms with Crippen LogP contribution in [0.25, 0.3) is 0 Å². The molecule has 0 aliphatic rings. The lowest BCUT2D eigenvalue weighted by molar-refractivity contribution is -0.116. The third-order valence-corrected chi connectivity index (χ3v) is 2.53. The molecule has 5 nitrogen and oxygen atoms in total. The number of pyridine rings is 1. The first kappa shape index (κ1) is 13.7. The summed E-state index contributed by atoms with van der Waals surface area (Å²) in [6, 6.07) is 12.4. The fraction of sp³-hybridized carbons (Fsp3) is 0.133. The van der Waals surface area contributed by atoms with Crippen LogP contribution in [0.3, 0.4) is 0 Å². The standard InChI is InChI=1S/C15H15N3O2/c1-11(19)17-13-6-4-7-14(9-13)18-15(20)10-12-5-2-3-8-16-12/h2-9H,10H2,1H3,(H,17,19)(H,18,20). The number of amides is 2. The second-order valence-electron chi connectivity index (χ2n) is 4.31. The predicted octanol–water partition coefficient (Wildman–Crippen LogP) is 2.22. The number of aromatic nitrogens is 1. The van der Waals surface area contributed by atoms with E-state index in [4.69, 9.17) is 0 Å². The van der Waals surface area contributed by atoms with E-state index in [9.17, 15) is 9.59 Å². The summed E-state index contributed by atoms with van der Waals surface area (Å²) in [5.74, 6) is -0.300. The molecule has 2 aromatic rings. The molecule has 102 valence electrons. The Labute approximate surface area is 117 Å². The normalized spacial score (nSPS) is 9.85. The van der Waals surface area contributed by atoms with Crippen molar-refractivity contribution in [2.45, 2.75) is 13.3 Å². The number of carbonyl (C=O) groups is 2. The largest absolute Gasteiger partial charge is 0.326 e. The van der Waals surface area contributed by atoms with Crippen molar-refractivity contribution in [3.8, 4) is 0 Å². The topological polar surface area (TPSA) is 71.1 Å². The van der Waals surface area contributed by atoms with Crippen LogP contribution in [0.2, 0.25) is 0 Å². The summed E-state index contributed by atoms with van der Waals surface area (Å²) in [7, 11) is 0. The van der Waals surface area contributed by atoms with Crippen LogP contribution in [0.5, 0.6) is 0 Å². The molecule has 1 aromatic carbocycles. The summed E-state index contributed by atoms with van der Waals surface area (Å²) in [6.45, 7) is 1.44. The number of hydrogen-bond acceptors (Lipinski definition) is 3. The summed E-state index contributed by atoms with van der Waals surface area (Å²) < 4.78 is 0. The molecule has 2 rings (SSSR count). The average Bonchev–Trinajstić information content (AvgIpc) is 2.39. The molecule has 5 heteroatoms. The number of nitrogens with one attached hydrogen (secondary N) is 2. The number of hydrogen-bond donors (Lipinski definition) is 2. The molecule has 1 heterocycles. The van der Waals surface area contributed by atoms with Gasteiger partial charge in [-0.15, -0.1) is 0 Å². The molecular weight excluding hydrogens is 254 g/mol. The number of anilines is 2. The molecule has 0 saturated carbocycles. The van der Waals surface area contributed by atoms with Gasteiger partial charge in [0.25, 0.3) is 0 Å². The highest BCUT2D eigenvalue weighted by Gasteiger charge is 2.05. The predicted molar refractivity (Wildman–Crippen MR) is 77.3 cm³/mol. The Bertz CT molecular complexity index is 612. The maximum atomic E-state index is 11.9. The first-order chi connectivity index (χ1) is 9.63. The fourth-order valence-electron chi connectivity index (χ4n) is 1.75. The third-order valence-electron chi connectivity index (χ3n) is 2.53. The highest BCUT2D eigenvalue weighted by Crippen LogP contribution is 2.15. The van der Waals surface area contributed by atoms with Crippen molar-refractivity contribution in [2.75, 3.05) is 10.6 Å². The maximum absolute atomic E-state index is 11.9. The van der Waals surface area contributed by atoms with Gasteiger partial charge in [-0.3, -0.25) is 14.6 Å². The van der Waals surface area contributed by atoms with Crippen LogP contribution in [0.4, 0.5) is 11.4 Å². The highest BCUT2D eigenvalue weighted by atomic mass is 16.2. The smallest absolute Gasteiger partial charge is 0.230 e. The van der Waals surface area contributed by atoms with Crippen LogP contribution in [0, 0.1) is 0 Å². The van der Waals surface area contributed by atoms with Gasteiger partial charge in [0.05, 0.1) is 6.42 Å². The molecule has 0 saturated heterocycles. The van der Waals surface area contributed by atoms with E-state index in [1.165, 1.54) is 6.92 Å². The monoisotopic (exact) mass is 269 g/mol. The molecular formula is C15H15N3O2. The Balaban J connectivity index is 1.99. The Kier molecular flexibility index (Phi) is 4.44. The van der Waals surface area contributed by atoms with E-state index in [2.05, 4.69) is 15.6 Å². The minimum absolute atomic E-state index is 0.149. The quantitative estimate of drug-likeness (QED) is 0.894. The van der Waals surface area contributed by atoms with E-state index in [-0.39, 0.29) is 18.2 Å². The zero-order valence-corrected chi connectivity index (χ0v) is 11.1. The molecule has 0 radical (unpaired) electrons. The highest BCUT2D eigenvalue weighted by molar-refractivity contribution is 5.94. The first-order valence-electron chi connectivity index (χ1n) is 6.21. The van der Waals surface area contributed by atoms with E-state index in [0.29, 0.717) is 17.1 Å². The van der Waals surface area contributed by atoms with Crippen LogP contribution < -0.4 is 10.6 Å². The lowest BCUT2D eigenvalue weighted by Gasteiger charge is -2.07. The van der Waals surface area contributed by atoms with E-state index < -0.39 is 0 Å². The van der Waals surface area contributed by atoms with Crippen LogP contribution in [0.15, 0.2) is 48.7 Å². The van der Waals surface area contributed by atoms with Gasteiger partial charge in [0.15, 0.2) is 0 Å². The van der Waals surface area contributed by atoms with Crippen molar-refractivity contribution < 1.29 is 9.59 Å². The molecule has 0 aliphatic heterocycles. The van der Waals surface area contributed by atoms with Crippen molar-refractivity contribution in [1.29, 1.82) is 0 Å². The molecule has 2 amide bonds. The van der Waals surface area contributed by atoms with Gasteiger partial charge in [-0.1, -0.05) is 12.1 Å². The van der Waals surface area contributed by atoms with Gasteiger partial charge < -0.3 is 10.6 Å². The van der Waals surface area contributed by atoms with Crippen molar-refractivity contribution in [3.05, 3.63) is 54.4 Å². The van der Waals surface area contributed by atoms with E-state index in [1.54, 1.807) is 42.6 Å². The Morgan fingerprint density at radius 2 is 1.80 bits per heavy atom. The van der Waals surface area contributed by atoms with Gasteiger partial charge in [-0.2, -0.15) is 0 Å². The lowest BCUT2D eigenvalue weighted by atomic mass is 10.2. The molecule has 0 unspecified atom stereocenters. The summed E-state index contributed by atoms with van der Waals surface area (Å²) >= 11 is 0. The van der Waals surface area contributed by atoms with Gasteiger partial charge in [0.2, 0.25) is 11.8 Å². The maximum Gasteiger partial charge on any atom is 0.230 e. The second-order valence-corrected chi connectivity index (χ2v) is 4.31. The van der Waals surface area contributed by atoms with Gasteiger partial charge >= 0.3 is 0 Å². The summed E-state index contributed by atoms with van der Waals surface area (Å²) in [6.07, 6.45) is 1.87. The van der Waals surface area contributed by atoms with Gasteiger partial charge in [0.1, 0.15) is 0 Å². The van der Waals surface area contributed by atoms with Crippen LogP contribution >= 0.6 is 0 Å². The van der Waals surface area contributed by atoms with Gasteiger partial charge in [-0.05, 0) is 30.3 Å². The van der Waals surface area contributed by atoms with Gasteiger partial charge in [-0.25, -0.2) is 0 Å². The van der Waals surface area contributed by atoms with Crippen LogP contribution in [-0.2, 0) is 16.0 Å². The zero-order chi connectivity index (χ0) is 14.4. The molecule has 1 aromatic heterocycles. The SMILES string of the molecule is CC(=O)Nc1cccc(NC(=O)Cc2ccccn2)c1. The second kappa shape index (κ2) is 6.47. The number of rotatable bonds is 4. The Hall–Kier alpha value is -2.69. The lowest BCUT2D eigenvalue weighted by Crippen LogP contribution is -2.15. The first-order valence-corrected chi connectivity index (χ1v) is 6.21. The minimum atomic E-state index is -0.151. The summed E-state index contributed by atoms with van der Waals surface area (Å²) in [5, 5.41) is 5.44. The molecule has 0 bridgehead atoms. The van der Waals surface area contributed by atoms with Crippen molar-refractivity contribution in [3.63, 3.8) is 0 Å². The fourth-order valence-corrected chi connectivity index (χ4v) is 1.75. The average molecular weight is 269 g/mol. The minimum Gasteiger partial charge on any atom is -0.326 e. The number of benzene rings is 1. The Morgan fingerprint density at radius 1 is 1.05 bits per heavy atom. The van der Waals surface area contributed by atoms with Crippen LogP contribution in [-0.4, -0.2) is 16.8 Å². The number of nitrogens with zero attached hydrogens (tertiary/aromatic N) is 1. The van der Waals surface area contributed by atoms with Crippen molar-refractivity contribution in [1.82, 2.24) is 4.98 Å². The molecule has 0 spiro atoms. The molecule has 2 N–H and O–H groups in total. The zero-order valence-electron chi connectivity index (χ0n) is 11.1. The van der Waals surface area contributed by atoms with Gasteiger partial charge in [0, 0.05) is 30.2 Å². The summed E-state index contributed by atoms with van der Waals surface area (Å²) in [5.41, 5.74) is 1.99. The third kappa shape index (κ3) is 4.20. The molecule has 0 atom stereocenters. The van der Waals surface area contributed by atoms with Crippen molar-refractivity contribution in [2.24, 2.45) is 0 Å². The molecule has 0 fully saturated rings. The van der Waals surface area contributed by atoms with Crippen molar-refractivity contribution >= 4 is 23.2 Å². The van der Waals surface area contributed by atoms with Crippen LogP contribution in [0.1, 0.15) is 12.6 Å². The molecule has 20 heavy (non-hydrogen) atoms. The molecule has 0 aliphatic carbocycles. The van der Waals surface area contributed by atoms with E-state index >= 15 is 0 Å². The van der Waals surface area contributed by atoms with E-state index in [1.807, 2.05) is 6.07 Å². The number of carbonyl (C=O) groups excluding carboxylic acids is 2.